The van der Waals surface area contributed by atoms with E-state index in [0.717, 1.165) is 16.9 Å². The Morgan fingerprint density at radius 1 is 0.911 bits per heavy atom. The second-order valence-electron chi connectivity index (χ2n) is 10.2. The molecule has 0 unspecified atom stereocenters. The van der Waals surface area contributed by atoms with Crippen LogP contribution in [0.25, 0.3) is 0 Å². The van der Waals surface area contributed by atoms with Crippen molar-refractivity contribution >= 4 is 58.2 Å². The van der Waals surface area contributed by atoms with Gasteiger partial charge in [-0.3, -0.25) is 19.2 Å². The van der Waals surface area contributed by atoms with E-state index in [1.54, 1.807) is 79.7 Å². The molecule has 0 saturated carbocycles. The number of esters is 1. The number of benzene rings is 3. The number of aromatic nitrogens is 1. The van der Waals surface area contributed by atoms with Crippen LogP contribution in [0.4, 0.5) is 11.4 Å². The van der Waals surface area contributed by atoms with Gasteiger partial charge >= 0.3 is 10.8 Å². The number of H-pyrrole nitrogens is 1. The number of ether oxygens (including phenoxy) is 3. The summed E-state index contributed by atoms with van der Waals surface area (Å²) in [6.07, 6.45) is 0. The van der Waals surface area contributed by atoms with Crippen LogP contribution in [0.2, 0.25) is 0 Å². The fraction of sp³-hybridized carbons (Fsp3) is 0.219. The van der Waals surface area contributed by atoms with Gasteiger partial charge in [-0.2, -0.15) is 0 Å². The molecule has 0 radical (unpaired) electrons. The lowest BCUT2D eigenvalue weighted by atomic mass is 9.83. The van der Waals surface area contributed by atoms with E-state index in [1.807, 2.05) is 0 Å². The first kappa shape index (κ1) is 30.2. The van der Waals surface area contributed by atoms with Crippen molar-refractivity contribution in [1.29, 1.82) is 0 Å². The minimum absolute atomic E-state index is 0.258. The Morgan fingerprint density at radius 2 is 1.60 bits per heavy atom. The van der Waals surface area contributed by atoms with Gasteiger partial charge in [-0.15, -0.1) is 0 Å². The number of amides is 3. The highest BCUT2D eigenvalue weighted by Gasteiger charge is 2.56. The van der Waals surface area contributed by atoms with Crippen molar-refractivity contribution < 1.29 is 33.4 Å². The maximum absolute atomic E-state index is 13.9. The third-order valence-electron chi connectivity index (χ3n) is 7.44. The zero-order valence-corrected chi connectivity index (χ0v) is 25.7. The largest absolute Gasteiger partial charge is 0.497 e. The second-order valence-corrected chi connectivity index (χ2v) is 12.3. The molecule has 2 aliphatic heterocycles. The fourth-order valence-electron chi connectivity index (χ4n) is 5.38. The molecule has 3 amide bonds. The fourth-order valence-corrected chi connectivity index (χ4v) is 7.90. The normalized spacial score (nSPS) is 18.6. The number of fused-ring (bicyclic) bond motifs is 2. The number of hydrogen-bond donors (Lipinski definition) is 2. The molecule has 2 aliphatic rings. The summed E-state index contributed by atoms with van der Waals surface area (Å²) in [5, 5.41) is 2.58. The minimum atomic E-state index is -0.726. The summed E-state index contributed by atoms with van der Waals surface area (Å²) in [6.45, 7) is 1.73. The highest BCUT2D eigenvalue weighted by atomic mass is 32.2. The molecular weight excluding hydrogens is 618 g/mol. The van der Waals surface area contributed by atoms with Crippen LogP contribution in [-0.4, -0.2) is 54.2 Å². The van der Waals surface area contributed by atoms with Crippen molar-refractivity contribution in [2.45, 2.75) is 23.1 Å². The van der Waals surface area contributed by atoms with Crippen LogP contribution in [0.1, 0.15) is 33.6 Å². The highest BCUT2D eigenvalue weighted by Crippen LogP contribution is 2.53. The summed E-state index contributed by atoms with van der Waals surface area (Å²) in [6, 6.07) is 20.0. The predicted molar refractivity (Wildman–Crippen MR) is 168 cm³/mol. The van der Waals surface area contributed by atoms with Crippen LogP contribution >= 0.6 is 23.1 Å². The number of thiazole rings is 1. The predicted octanol–water partition coefficient (Wildman–Crippen LogP) is 4.44. The molecule has 4 aromatic rings. The van der Waals surface area contributed by atoms with Gasteiger partial charge in [-0.1, -0.05) is 35.2 Å². The number of hydrogen-bond acceptors (Lipinski definition) is 10. The van der Waals surface area contributed by atoms with Crippen molar-refractivity contribution in [2.24, 2.45) is 5.92 Å². The van der Waals surface area contributed by atoms with Crippen molar-refractivity contribution in [3.63, 3.8) is 0 Å². The molecule has 11 nitrogen and oxygen atoms in total. The summed E-state index contributed by atoms with van der Waals surface area (Å²) < 4.78 is 15.9. The van der Waals surface area contributed by atoms with E-state index in [1.165, 1.54) is 23.8 Å². The van der Waals surface area contributed by atoms with Gasteiger partial charge in [0.25, 0.3) is 5.91 Å². The average molecular weight is 646 g/mol. The topological polar surface area (TPSA) is 144 Å². The molecule has 1 fully saturated rings. The van der Waals surface area contributed by atoms with Crippen LogP contribution in [0.15, 0.2) is 82.6 Å². The molecule has 3 atom stereocenters. The summed E-state index contributed by atoms with van der Waals surface area (Å²) in [5.74, 6) is -1.76. The smallest absolute Gasteiger partial charge is 0.338 e. The molecule has 0 aliphatic carbocycles. The second kappa shape index (κ2) is 12.6. The number of methoxy groups -OCH3 is 1. The molecule has 3 heterocycles. The van der Waals surface area contributed by atoms with E-state index in [2.05, 4.69) is 10.3 Å². The number of imide groups is 1. The first-order valence-electron chi connectivity index (χ1n) is 14.0. The Labute approximate surface area is 265 Å². The molecule has 13 heteroatoms. The van der Waals surface area contributed by atoms with Crippen molar-refractivity contribution in [3.8, 4) is 11.5 Å². The molecule has 1 aromatic heterocycles. The third-order valence-corrected chi connectivity index (χ3v) is 9.84. The Bertz CT molecular complexity index is 1820. The van der Waals surface area contributed by atoms with E-state index in [0.29, 0.717) is 38.3 Å². The molecule has 230 valence electrons. The Kier molecular flexibility index (Phi) is 8.46. The molecular formula is C32H27N3O8S2. The van der Waals surface area contributed by atoms with Crippen LogP contribution in [0.5, 0.6) is 11.5 Å². The van der Waals surface area contributed by atoms with Gasteiger partial charge in [-0.05, 0) is 73.2 Å². The SMILES string of the molecule is CCOC(=O)c1ccc(NC(=O)COc2ccc([C@@H]3c4sc(=O)[nH]c4S[C@H]4C(=O)N(c5ccc(OC)cc5)C(=O)[C@@H]34)cc2)cc1. The summed E-state index contributed by atoms with van der Waals surface area (Å²) >= 11 is 2.24. The van der Waals surface area contributed by atoms with Gasteiger partial charge in [0.2, 0.25) is 11.8 Å². The number of rotatable bonds is 9. The number of carbonyl (C=O) groups excluding carboxylic acids is 4. The number of anilines is 2. The molecule has 6 rings (SSSR count). The lowest BCUT2D eigenvalue weighted by molar-refractivity contribution is -0.122. The number of nitrogens with zero attached hydrogens (tertiary/aromatic N) is 1. The highest BCUT2D eigenvalue weighted by molar-refractivity contribution is 8.00. The average Bonchev–Trinajstić information content (AvgIpc) is 3.54. The maximum atomic E-state index is 13.9. The van der Waals surface area contributed by atoms with E-state index in [9.17, 15) is 24.0 Å². The van der Waals surface area contributed by atoms with E-state index < -0.39 is 29.0 Å². The van der Waals surface area contributed by atoms with Gasteiger partial charge < -0.3 is 24.5 Å². The van der Waals surface area contributed by atoms with Crippen LogP contribution in [0.3, 0.4) is 0 Å². The molecule has 3 aromatic carbocycles. The van der Waals surface area contributed by atoms with Crippen molar-refractivity contribution in [3.05, 3.63) is 98.5 Å². The van der Waals surface area contributed by atoms with Crippen LogP contribution in [-0.2, 0) is 19.1 Å². The first-order chi connectivity index (χ1) is 21.8. The Hall–Kier alpha value is -4.88. The van der Waals surface area contributed by atoms with Crippen LogP contribution < -0.4 is 24.6 Å². The van der Waals surface area contributed by atoms with E-state index in [4.69, 9.17) is 14.2 Å². The quantitative estimate of drug-likeness (QED) is 0.200. The lowest BCUT2D eigenvalue weighted by Gasteiger charge is -2.29. The van der Waals surface area contributed by atoms with Gasteiger partial charge in [0.1, 0.15) is 16.7 Å². The summed E-state index contributed by atoms with van der Waals surface area (Å²) in [4.78, 5) is 68.6. The standard InChI is InChI=1S/C32H27N3O8S2/c1-3-42-31(39)18-4-8-19(9-5-18)33-23(36)16-43-22-12-6-17(7-13-22)24-25-27(44-28-26(24)45-32(40)34-28)30(38)35(29(25)37)20-10-14-21(41-2)15-11-20/h4-15,24-25,27H,3,16H2,1-2H3,(H,33,36)(H,34,40)/t24-,25-,27+/m0/s1. The number of aromatic amines is 1. The molecule has 0 spiro atoms. The lowest BCUT2D eigenvalue weighted by Crippen LogP contribution is -2.32. The number of carbonyl (C=O) groups is 4. The Morgan fingerprint density at radius 3 is 2.27 bits per heavy atom. The number of nitrogens with one attached hydrogen (secondary N) is 2. The Balaban J connectivity index is 1.17. The summed E-state index contributed by atoms with van der Waals surface area (Å²) in [7, 11) is 1.54. The zero-order chi connectivity index (χ0) is 31.7. The molecule has 2 N–H and O–H groups in total. The van der Waals surface area contributed by atoms with Gasteiger partial charge in [0.05, 0.1) is 35.9 Å². The van der Waals surface area contributed by atoms with E-state index in [-0.39, 0.29) is 29.9 Å². The van der Waals surface area contributed by atoms with Crippen LogP contribution in [0, 0.1) is 5.92 Å². The zero-order valence-electron chi connectivity index (χ0n) is 24.1. The van der Waals surface area contributed by atoms with Gasteiger partial charge in [0.15, 0.2) is 6.61 Å². The number of thioether (sulfide) groups is 1. The monoisotopic (exact) mass is 645 g/mol. The van der Waals surface area contributed by atoms with Crippen molar-refractivity contribution in [1.82, 2.24) is 4.98 Å². The van der Waals surface area contributed by atoms with Crippen molar-refractivity contribution in [2.75, 3.05) is 30.5 Å². The third kappa shape index (κ3) is 5.96. The molecule has 0 bridgehead atoms. The van der Waals surface area contributed by atoms with E-state index >= 15 is 0 Å². The maximum Gasteiger partial charge on any atom is 0.338 e. The molecule has 45 heavy (non-hydrogen) atoms. The minimum Gasteiger partial charge on any atom is -0.497 e. The molecule has 1 saturated heterocycles. The van der Waals surface area contributed by atoms with Gasteiger partial charge in [-0.25, -0.2) is 9.69 Å². The summed E-state index contributed by atoms with van der Waals surface area (Å²) in [5.41, 5.74) is 2.06. The van der Waals surface area contributed by atoms with Gasteiger partial charge in [0, 0.05) is 16.5 Å². The first-order valence-corrected chi connectivity index (χ1v) is 15.7.